The summed E-state index contributed by atoms with van der Waals surface area (Å²) in [4.78, 5) is 5.44. The molecule has 0 aliphatic carbocycles. The summed E-state index contributed by atoms with van der Waals surface area (Å²) in [7, 11) is -2.22. The van der Waals surface area contributed by atoms with Gasteiger partial charge in [-0.15, -0.1) is 4.40 Å². The van der Waals surface area contributed by atoms with E-state index in [4.69, 9.17) is 0 Å². The molecule has 1 aliphatic rings. The Hall–Kier alpha value is -2.48. The molecule has 2 heterocycles. The number of aromatic nitrogens is 1. The van der Waals surface area contributed by atoms with E-state index in [9.17, 15) is 12.8 Å². The molecule has 0 saturated carbocycles. The first-order valence-electron chi connectivity index (χ1n) is 6.03. The van der Waals surface area contributed by atoms with Gasteiger partial charge in [-0.2, -0.15) is 8.42 Å². The quantitative estimate of drug-likeness (QED) is 0.870. The minimum atomic E-state index is -3.86. The standard InChI is InChI=1S/C13H11FN4O2S/c1-18(10-3-2-6-15-8-10)13-16-11-7-9(14)4-5-12(11)21(19,20)17-13/h2-8H,1H3,(H,16,17). The van der Waals surface area contributed by atoms with Crippen molar-refractivity contribution in [2.75, 3.05) is 17.3 Å². The van der Waals surface area contributed by atoms with E-state index >= 15 is 0 Å². The molecule has 0 saturated heterocycles. The second kappa shape index (κ2) is 4.81. The molecule has 1 aromatic carbocycles. The smallest absolute Gasteiger partial charge is 0.287 e. The summed E-state index contributed by atoms with van der Waals surface area (Å²) < 4.78 is 41.3. The van der Waals surface area contributed by atoms with E-state index in [0.717, 1.165) is 12.1 Å². The predicted octanol–water partition coefficient (Wildman–Crippen LogP) is 1.83. The fourth-order valence-electron chi connectivity index (χ4n) is 1.95. The van der Waals surface area contributed by atoms with E-state index in [1.165, 1.54) is 11.0 Å². The van der Waals surface area contributed by atoms with E-state index in [-0.39, 0.29) is 16.5 Å². The van der Waals surface area contributed by atoms with Crippen LogP contribution in [0.15, 0.2) is 52.0 Å². The molecule has 1 aliphatic heterocycles. The Morgan fingerprint density at radius 3 is 2.81 bits per heavy atom. The average Bonchev–Trinajstić information content (AvgIpc) is 2.46. The molecule has 21 heavy (non-hydrogen) atoms. The van der Waals surface area contributed by atoms with Crippen molar-refractivity contribution < 1.29 is 12.8 Å². The SMILES string of the molecule is CN(C1=NS(=O)(=O)c2ccc(F)cc2N1)c1cccnc1. The lowest BCUT2D eigenvalue weighted by Gasteiger charge is -2.25. The number of sulfonamides is 1. The molecule has 6 nitrogen and oxygen atoms in total. The maximum Gasteiger partial charge on any atom is 0.287 e. The summed E-state index contributed by atoms with van der Waals surface area (Å²) in [6.07, 6.45) is 3.17. The lowest BCUT2D eigenvalue weighted by atomic mass is 10.3. The molecular weight excluding hydrogens is 295 g/mol. The van der Waals surface area contributed by atoms with Crippen LogP contribution in [0.4, 0.5) is 15.8 Å². The Bertz CT molecular complexity index is 821. The summed E-state index contributed by atoms with van der Waals surface area (Å²) in [6.45, 7) is 0. The maximum absolute atomic E-state index is 13.3. The van der Waals surface area contributed by atoms with Crippen molar-refractivity contribution in [2.24, 2.45) is 4.40 Å². The van der Waals surface area contributed by atoms with E-state index in [0.29, 0.717) is 5.69 Å². The number of fused-ring (bicyclic) bond motifs is 1. The summed E-state index contributed by atoms with van der Waals surface area (Å²) >= 11 is 0. The van der Waals surface area contributed by atoms with Gasteiger partial charge >= 0.3 is 0 Å². The van der Waals surface area contributed by atoms with Crippen molar-refractivity contribution >= 4 is 27.4 Å². The van der Waals surface area contributed by atoms with Gasteiger partial charge in [-0.3, -0.25) is 4.98 Å². The van der Waals surface area contributed by atoms with Crippen molar-refractivity contribution in [3.63, 3.8) is 0 Å². The Labute approximate surface area is 121 Å². The first-order chi connectivity index (χ1) is 9.97. The maximum atomic E-state index is 13.3. The number of rotatable bonds is 1. The third-order valence-electron chi connectivity index (χ3n) is 3.02. The van der Waals surface area contributed by atoms with Gasteiger partial charge in [0, 0.05) is 13.2 Å². The van der Waals surface area contributed by atoms with E-state index in [1.54, 1.807) is 31.6 Å². The predicted molar refractivity (Wildman–Crippen MR) is 77.3 cm³/mol. The van der Waals surface area contributed by atoms with Gasteiger partial charge in [-0.1, -0.05) is 0 Å². The summed E-state index contributed by atoms with van der Waals surface area (Å²) in [5, 5.41) is 2.82. The highest BCUT2D eigenvalue weighted by atomic mass is 32.2. The van der Waals surface area contributed by atoms with E-state index in [2.05, 4.69) is 14.7 Å². The molecule has 0 atom stereocenters. The molecule has 1 aromatic heterocycles. The minimum Gasteiger partial charge on any atom is -0.324 e. The Balaban J connectivity index is 2.05. The van der Waals surface area contributed by atoms with Gasteiger partial charge in [0.25, 0.3) is 10.0 Å². The molecule has 1 N–H and O–H groups in total. The fourth-order valence-corrected chi connectivity index (χ4v) is 3.07. The normalized spacial score (nSPS) is 15.6. The van der Waals surface area contributed by atoms with E-state index in [1.807, 2.05) is 0 Å². The first kappa shape index (κ1) is 13.5. The fraction of sp³-hybridized carbons (Fsp3) is 0.0769. The Morgan fingerprint density at radius 1 is 1.29 bits per heavy atom. The van der Waals surface area contributed by atoms with Crippen LogP contribution in [-0.2, 0) is 10.0 Å². The zero-order valence-electron chi connectivity index (χ0n) is 11.0. The second-order valence-corrected chi connectivity index (χ2v) is 6.00. The summed E-state index contributed by atoms with van der Waals surface area (Å²) in [6, 6.07) is 6.88. The topological polar surface area (TPSA) is 74.7 Å². The van der Waals surface area contributed by atoms with Gasteiger partial charge in [-0.25, -0.2) is 4.39 Å². The van der Waals surface area contributed by atoms with Crippen LogP contribution in [0.1, 0.15) is 0 Å². The number of nitrogens with zero attached hydrogens (tertiary/aromatic N) is 3. The number of halogens is 1. The molecular formula is C13H11FN4O2S. The highest BCUT2D eigenvalue weighted by molar-refractivity contribution is 7.90. The molecule has 2 aromatic rings. The molecule has 8 heteroatoms. The molecule has 3 rings (SSSR count). The Morgan fingerprint density at radius 2 is 2.10 bits per heavy atom. The van der Waals surface area contributed by atoms with Crippen LogP contribution in [-0.4, -0.2) is 26.4 Å². The van der Waals surface area contributed by atoms with Gasteiger partial charge in [-0.05, 0) is 30.3 Å². The molecule has 0 bridgehead atoms. The van der Waals surface area contributed by atoms with Crippen molar-refractivity contribution in [1.29, 1.82) is 0 Å². The molecule has 0 radical (unpaired) electrons. The minimum absolute atomic E-state index is 0.0489. The van der Waals surface area contributed by atoms with Gasteiger partial charge in [0.1, 0.15) is 10.7 Å². The molecule has 0 amide bonds. The number of hydrogen-bond acceptors (Lipinski definition) is 5. The van der Waals surface area contributed by atoms with Crippen LogP contribution < -0.4 is 10.2 Å². The molecule has 0 fully saturated rings. The summed E-state index contributed by atoms with van der Waals surface area (Å²) in [5.41, 5.74) is 0.814. The highest BCUT2D eigenvalue weighted by Crippen LogP contribution is 2.29. The lowest BCUT2D eigenvalue weighted by molar-refractivity contribution is 0.596. The number of benzene rings is 1. The number of anilines is 2. The average molecular weight is 306 g/mol. The second-order valence-electron chi connectivity index (χ2n) is 4.43. The van der Waals surface area contributed by atoms with Crippen LogP contribution in [0.25, 0.3) is 0 Å². The zero-order valence-corrected chi connectivity index (χ0v) is 11.8. The van der Waals surface area contributed by atoms with Crippen LogP contribution in [0.3, 0.4) is 0 Å². The molecule has 0 spiro atoms. The zero-order chi connectivity index (χ0) is 15.0. The molecule has 0 unspecified atom stereocenters. The number of guanidine groups is 1. The largest absolute Gasteiger partial charge is 0.324 e. The van der Waals surface area contributed by atoms with Gasteiger partial charge < -0.3 is 10.2 Å². The third-order valence-corrected chi connectivity index (χ3v) is 4.35. The van der Waals surface area contributed by atoms with Crippen LogP contribution >= 0.6 is 0 Å². The monoisotopic (exact) mass is 306 g/mol. The summed E-state index contributed by atoms with van der Waals surface area (Å²) in [5.74, 6) is -0.442. The Kier molecular flexibility index (Phi) is 3.09. The third kappa shape index (κ3) is 2.45. The van der Waals surface area contributed by atoms with Gasteiger partial charge in [0.2, 0.25) is 5.96 Å². The van der Waals surface area contributed by atoms with Crippen LogP contribution in [0.2, 0.25) is 0 Å². The number of hydrogen-bond donors (Lipinski definition) is 1. The van der Waals surface area contributed by atoms with Gasteiger partial charge in [0.05, 0.1) is 17.6 Å². The first-order valence-corrected chi connectivity index (χ1v) is 7.47. The number of pyridine rings is 1. The van der Waals surface area contributed by atoms with Crippen LogP contribution in [0.5, 0.6) is 0 Å². The van der Waals surface area contributed by atoms with Gasteiger partial charge in [0.15, 0.2) is 0 Å². The van der Waals surface area contributed by atoms with Crippen LogP contribution in [0, 0.1) is 5.82 Å². The van der Waals surface area contributed by atoms with E-state index < -0.39 is 15.8 Å². The number of nitrogens with one attached hydrogen (secondary N) is 1. The van der Waals surface area contributed by atoms with Crippen molar-refractivity contribution in [1.82, 2.24) is 4.98 Å². The van der Waals surface area contributed by atoms with Crippen molar-refractivity contribution in [2.45, 2.75) is 4.90 Å². The van der Waals surface area contributed by atoms with Crippen molar-refractivity contribution in [3.05, 3.63) is 48.5 Å². The van der Waals surface area contributed by atoms with Crippen molar-refractivity contribution in [3.8, 4) is 0 Å². The lowest BCUT2D eigenvalue weighted by Crippen LogP contribution is -2.36. The highest BCUT2D eigenvalue weighted by Gasteiger charge is 2.27. The molecule has 108 valence electrons.